The molecular formula is C16H23ClN2. The molecule has 0 bridgehead atoms. The largest absolute Gasteiger partial charge is 0.316 e. The van der Waals surface area contributed by atoms with E-state index >= 15 is 0 Å². The lowest BCUT2D eigenvalue weighted by molar-refractivity contribution is 0.170. The first kappa shape index (κ1) is 13.4. The first-order valence-corrected chi connectivity index (χ1v) is 7.65. The van der Waals surface area contributed by atoms with E-state index in [0.717, 1.165) is 18.1 Å². The Bertz CT molecular complexity index is 450. The lowest BCUT2D eigenvalue weighted by atomic mass is 9.66. The maximum absolute atomic E-state index is 6.45. The van der Waals surface area contributed by atoms with Crippen molar-refractivity contribution in [2.24, 2.45) is 5.41 Å². The molecule has 2 heterocycles. The minimum absolute atomic E-state index is 0.407. The smallest absolute Gasteiger partial charge is 0.0441 e. The summed E-state index contributed by atoms with van der Waals surface area (Å²) in [6, 6.07) is 9.07. The average Bonchev–Trinajstić information content (AvgIpc) is 2.67. The molecule has 19 heavy (non-hydrogen) atoms. The summed E-state index contributed by atoms with van der Waals surface area (Å²) in [5.74, 6) is 0.544. The molecule has 3 rings (SSSR count). The third-order valence-corrected chi connectivity index (χ3v) is 5.53. The van der Waals surface area contributed by atoms with Crippen molar-refractivity contribution in [1.29, 1.82) is 0 Å². The van der Waals surface area contributed by atoms with Gasteiger partial charge in [0.1, 0.15) is 0 Å². The Morgan fingerprint density at radius 3 is 2.84 bits per heavy atom. The summed E-state index contributed by atoms with van der Waals surface area (Å²) < 4.78 is 0. The van der Waals surface area contributed by atoms with Crippen molar-refractivity contribution in [1.82, 2.24) is 10.2 Å². The summed E-state index contributed by atoms with van der Waals surface area (Å²) in [7, 11) is 2.26. The monoisotopic (exact) mass is 278 g/mol. The van der Waals surface area contributed by atoms with E-state index in [0.29, 0.717) is 17.4 Å². The second kappa shape index (κ2) is 5.08. The van der Waals surface area contributed by atoms with Crippen molar-refractivity contribution in [3.8, 4) is 0 Å². The molecule has 2 fully saturated rings. The Balaban J connectivity index is 1.96. The van der Waals surface area contributed by atoms with E-state index < -0.39 is 0 Å². The van der Waals surface area contributed by atoms with Crippen molar-refractivity contribution < 1.29 is 0 Å². The molecule has 1 aromatic carbocycles. The molecule has 2 aliphatic rings. The van der Waals surface area contributed by atoms with Gasteiger partial charge in [0.25, 0.3) is 0 Å². The number of benzene rings is 1. The lowest BCUT2D eigenvalue weighted by Crippen LogP contribution is -2.45. The van der Waals surface area contributed by atoms with Crippen LogP contribution in [0.5, 0.6) is 0 Å². The van der Waals surface area contributed by atoms with Crippen LogP contribution in [0.1, 0.15) is 31.2 Å². The Morgan fingerprint density at radius 2 is 2.16 bits per heavy atom. The van der Waals surface area contributed by atoms with Gasteiger partial charge in [-0.1, -0.05) is 29.8 Å². The third-order valence-electron chi connectivity index (χ3n) is 5.19. The van der Waals surface area contributed by atoms with Crippen molar-refractivity contribution in [3.63, 3.8) is 0 Å². The van der Waals surface area contributed by atoms with Crippen LogP contribution in [-0.2, 0) is 0 Å². The van der Waals surface area contributed by atoms with Crippen LogP contribution >= 0.6 is 11.6 Å². The summed E-state index contributed by atoms with van der Waals surface area (Å²) in [4.78, 5) is 2.51. The fourth-order valence-corrected chi connectivity index (χ4v) is 4.33. The highest BCUT2D eigenvalue weighted by Gasteiger charge is 2.48. The standard InChI is InChI=1S/C16H23ClN2/c1-12-9-16(11-19(12)2)7-8-18-10-14(16)13-5-3-4-6-15(13)17/h3-6,12,14,18H,7-11H2,1-2H3. The topological polar surface area (TPSA) is 15.3 Å². The number of rotatable bonds is 1. The zero-order valence-electron chi connectivity index (χ0n) is 11.8. The SMILES string of the molecule is CC1CC2(CCNCC2c2ccccc2Cl)CN1C. The van der Waals surface area contributed by atoms with Crippen LogP contribution in [-0.4, -0.2) is 37.6 Å². The van der Waals surface area contributed by atoms with Gasteiger partial charge in [-0.05, 0) is 50.4 Å². The molecule has 3 unspecified atom stereocenters. The normalized spacial score (nSPS) is 35.9. The molecule has 2 saturated heterocycles. The predicted octanol–water partition coefficient (Wildman–Crippen LogP) is 3.13. The Kier molecular flexibility index (Phi) is 3.59. The maximum atomic E-state index is 6.45. The fraction of sp³-hybridized carbons (Fsp3) is 0.625. The van der Waals surface area contributed by atoms with E-state index in [1.807, 2.05) is 12.1 Å². The predicted molar refractivity (Wildman–Crippen MR) is 80.8 cm³/mol. The minimum atomic E-state index is 0.407. The molecule has 1 aromatic rings. The van der Waals surface area contributed by atoms with Gasteiger partial charge in [0.2, 0.25) is 0 Å². The first-order chi connectivity index (χ1) is 9.12. The van der Waals surface area contributed by atoms with E-state index in [2.05, 4.69) is 36.3 Å². The molecule has 0 saturated carbocycles. The maximum Gasteiger partial charge on any atom is 0.0441 e. The highest BCUT2D eigenvalue weighted by atomic mass is 35.5. The van der Waals surface area contributed by atoms with Gasteiger partial charge in [-0.15, -0.1) is 0 Å². The molecule has 1 N–H and O–H groups in total. The van der Waals surface area contributed by atoms with Crippen LogP contribution in [0.4, 0.5) is 0 Å². The van der Waals surface area contributed by atoms with E-state index in [1.54, 1.807) is 0 Å². The van der Waals surface area contributed by atoms with Crippen LogP contribution in [0.3, 0.4) is 0 Å². The lowest BCUT2D eigenvalue weighted by Gasteiger charge is -2.42. The van der Waals surface area contributed by atoms with Crippen LogP contribution < -0.4 is 5.32 Å². The Labute approximate surface area is 121 Å². The number of hydrogen-bond acceptors (Lipinski definition) is 2. The van der Waals surface area contributed by atoms with Crippen LogP contribution in [0.25, 0.3) is 0 Å². The van der Waals surface area contributed by atoms with Gasteiger partial charge in [-0.25, -0.2) is 0 Å². The number of piperidine rings is 1. The van der Waals surface area contributed by atoms with E-state index in [9.17, 15) is 0 Å². The van der Waals surface area contributed by atoms with Crippen molar-refractivity contribution in [3.05, 3.63) is 34.9 Å². The van der Waals surface area contributed by atoms with Gasteiger partial charge in [-0.3, -0.25) is 0 Å². The van der Waals surface area contributed by atoms with Crippen LogP contribution in [0.2, 0.25) is 5.02 Å². The van der Waals surface area contributed by atoms with Gasteiger partial charge >= 0.3 is 0 Å². The summed E-state index contributed by atoms with van der Waals surface area (Å²) in [5, 5.41) is 4.49. The summed E-state index contributed by atoms with van der Waals surface area (Å²) in [5.41, 5.74) is 1.74. The molecule has 0 amide bonds. The quantitative estimate of drug-likeness (QED) is 0.849. The molecular weight excluding hydrogens is 256 g/mol. The zero-order valence-corrected chi connectivity index (χ0v) is 12.6. The van der Waals surface area contributed by atoms with Gasteiger partial charge in [0.05, 0.1) is 0 Å². The van der Waals surface area contributed by atoms with Gasteiger partial charge in [0.15, 0.2) is 0 Å². The summed E-state index contributed by atoms with van der Waals surface area (Å²) in [6.07, 6.45) is 2.55. The minimum Gasteiger partial charge on any atom is -0.316 e. The number of hydrogen-bond donors (Lipinski definition) is 1. The molecule has 1 spiro atoms. The Morgan fingerprint density at radius 1 is 1.37 bits per heavy atom. The van der Waals surface area contributed by atoms with Gasteiger partial charge < -0.3 is 10.2 Å². The molecule has 0 aliphatic carbocycles. The number of halogens is 1. The van der Waals surface area contributed by atoms with Crippen LogP contribution in [0, 0.1) is 5.41 Å². The number of nitrogens with one attached hydrogen (secondary N) is 1. The van der Waals surface area contributed by atoms with Crippen molar-refractivity contribution in [2.75, 3.05) is 26.7 Å². The first-order valence-electron chi connectivity index (χ1n) is 7.28. The highest BCUT2D eigenvalue weighted by Crippen LogP contribution is 2.50. The second-order valence-corrected chi connectivity index (χ2v) is 6.77. The molecule has 104 valence electrons. The molecule has 2 nitrogen and oxygen atoms in total. The molecule has 2 aliphatic heterocycles. The van der Waals surface area contributed by atoms with E-state index in [-0.39, 0.29) is 0 Å². The second-order valence-electron chi connectivity index (χ2n) is 6.36. The average molecular weight is 279 g/mol. The Hall–Kier alpha value is -0.570. The van der Waals surface area contributed by atoms with Crippen molar-refractivity contribution >= 4 is 11.6 Å². The van der Waals surface area contributed by atoms with Gasteiger partial charge in [0, 0.05) is 30.1 Å². The van der Waals surface area contributed by atoms with E-state index in [1.165, 1.54) is 24.9 Å². The molecule has 0 radical (unpaired) electrons. The number of likely N-dealkylation sites (tertiary alicyclic amines) is 1. The molecule has 3 atom stereocenters. The van der Waals surface area contributed by atoms with E-state index in [4.69, 9.17) is 11.6 Å². The third kappa shape index (κ3) is 2.31. The highest BCUT2D eigenvalue weighted by molar-refractivity contribution is 6.31. The number of nitrogens with zero attached hydrogens (tertiary/aromatic N) is 1. The molecule has 3 heteroatoms. The van der Waals surface area contributed by atoms with Gasteiger partial charge in [-0.2, -0.15) is 0 Å². The molecule has 0 aromatic heterocycles. The van der Waals surface area contributed by atoms with Crippen molar-refractivity contribution in [2.45, 2.75) is 31.7 Å². The fourth-order valence-electron chi connectivity index (χ4n) is 4.07. The zero-order chi connectivity index (χ0) is 13.5. The summed E-state index contributed by atoms with van der Waals surface area (Å²) >= 11 is 6.45. The van der Waals surface area contributed by atoms with Crippen LogP contribution in [0.15, 0.2) is 24.3 Å². The summed E-state index contributed by atoms with van der Waals surface area (Å²) in [6.45, 7) is 5.75.